The van der Waals surface area contributed by atoms with Gasteiger partial charge in [-0.15, -0.1) is 0 Å². The summed E-state index contributed by atoms with van der Waals surface area (Å²) in [5.41, 5.74) is 0.271. The molecule has 0 atom stereocenters. The third-order valence-corrected chi connectivity index (χ3v) is 5.29. The van der Waals surface area contributed by atoms with E-state index in [-0.39, 0.29) is 16.9 Å². The van der Waals surface area contributed by atoms with E-state index in [9.17, 15) is 32.1 Å². The van der Waals surface area contributed by atoms with Crippen molar-refractivity contribution in [3.63, 3.8) is 0 Å². The molecule has 154 valence electrons. The second-order valence-electron chi connectivity index (χ2n) is 6.02. The largest absolute Gasteiger partial charge is 0.322 e. The SMILES string of the molecule is O=C(Nc1ccc(NS(=O)(=O)c2ccc(F)c(F)c2)cc1)c1cccc([N+](=O)[O-])c1. The van der Waals surface area contributed by atoms with Gasteiger partial charge in [-0.2, -0.15) is 0 Å². The summed E-state index contributed by atoms with van der Waals surface area (Å²) in [5.74, 6) is -3.05. The molecule has 0 radical (unpaired) electrons. The van der Waals surface area contributed by atoms with Crippen molar-refractivity contribution in [3.05, 3.63) is 94.0 Å². The van der Waals surface area contributed by atoms with Gasteiger partial charge in [-0.25, -0.2) is 17.2 Å². The second-order valence-corrected chi connectivity index (χ2v) is 7.70. The van der Waals surface area contributed by atoms with Crippen molar-refractivity contribution in [1.82, 2.24) is 0 Å². The number of carbonyl (C=O) groups is 1. The number of nitrogens with one attached hydrogen (secondary N) is 2. The zero-order valence-electron chi connectivity index (χ0n) is 15.0. The first-order valence-electron chi connectivity index (χ1n) is 8.29. The Morgan fingerprint density at radius 2 is 1.57 bits per heavy atom. The summed E-state index contributed by atoms with van der Waals surface area (Å²) in [7, 11) is -4.15. The lowest BCUT2D eigenvalue weighted by atomic mass is 10.2. The third kappa shape index (κ3) is 4.75. The first-order valence-corrected chi connectivity index (χ1v) is 9.78. The number of benzene rings is 3. The van der Waals surface area contributed by atoms with Gasteiger partial charge in [0.2, 0.25) is 0 Å². The van der Waals surface area contributed by atoms with Crippen molar-refractivity contribution in [2.45, 2.75) is 4.90 Å². The Balaban J connectivity index is 1.71. The quantitative estimate of drug-likeness (QED) is 0.451. The molecule has 0 fully saturated rings. The molecule has 2 N–H and O–H groups in total. The molecule has 0 heterocycles. The number of nitro benzene ring substituents is 1. The molecule has 30 heavy (non-hydrogen) atoms. The minimum absolute atomic E-state index is 0.0762. The summed E-state index contributed by atoms with van der Waals surface area (Å²) in [5, 5.41) is 13.3. The minimum Gasteiger partial charge on any atom is -0.322 e. The maximum Gasteiger partial charge on any atom is 0.270 e. The molecule has 0 saturated heterocycles. The van der Waals surface area contributed by atoms with E-state index in [1.807, 2.05) is 0 Å². The molecule has 0 aromatic heterocycles. The molecule has 0 saturated carbocycles. The van der Waals surface area contributed by atoms with Gasteiger partial charge in [0.25, 0.3) is 21.6 Å². The van der Waals surface area contributed by atoms with Gasteiger partial charge in [0.05, 0.1) is 9.82 Å². The molecule has 0 aliphatic carbocycles. The van der Waals surface area contributed by atoms with Crippen LogP contribution in [0.5, 0.6) is 0 Å². The average Bonchev–Trinajstić information content (AvgIpc) is 2.71. The van der Waals surface area contributed by atoms with E-state index in [0.717, 1.165) is 12.1 Å². The fourth-order valence-corrected chi connectivity index (χ4v) is 3.51. The van der Waals surface area contributed by atoms with E-state index in [1.54, 1.807) is 0 Å². The summed E-state index contributed by atoms with van der Waals surface area (Å²) in [6, 6.07) is 12.9. The summed E-state index contributed by atoms with van der Waals surface area (Å²) in [6.07, 6.45) is 0. The number of rotatable bonds is 6. The van der Waals surface area contributed by atoms with Gasteiger partial charge in [0.15, 0.2) is 11.6 Å². The minimum atomic E-state index is -4.15. The van der Waals surface area contributed by atoms with Crippen molar-refractivity contribution in [2.75, 3.05) is 10.0 Å². The number of hydrogen-bond donors (Lipinski definition) is 2. The van der Waals surface area contributed by atoms with Crippen molar-refractivity contribution >= 4 is 33.0 Å². The summed E-state index contributed by atoms with van der Waals surface area (Å²) >= 11 is 0. The normalized spacial score (nSPS) is 11.0. The molecule has 11 heteroatoms. The number of nitro groups is 1. The molecule has 3 rings (SSSR count). The highest BCUT2D eigenvalue weighted by Gasteiger charge is 2.17. The number of non-ortho nitro benzene ring substituents is 1. The van der Waals surface area contributed by atoms with Gasteiger partial charge in [-0.05, 0) is 48.5 Å². The lowest BCUT2D eigenvalue weighted by Crippen LogP contribution is -2.14. The van der Waals surface area contributed by atoms with Gasteiger partial charge in [0.1, 0.15) is 0 Å². The molecule has 0 bridgehead atoms. The van der Waals surface area contributed by atoms with Crippen molar-refractivity contribution in [3.8, 4) is 0 Å². The molecule has 1 amide bonds. The Hall–Kier alpha value is -3.86. The molecule has 0 aliphatic heterocycles. The smallest absolute Gasteiger partial charge is 0.270 e. The van der Waals surface area contributed by atoms with Gasteiger partial charge in [-0.3, -0.25) is 19.6 Å². The Labute approximate surface area is 169 Å². The Bertz CT molecular complexity index is 1230. The first-order chi connectivity index (χ1) is 14.2. The lowest BCUT2D eigenvalue weighted by molar-refractivity contribution is -0.384. The highest BCUT2D eigenvalue weighted by molar-refractivity contribution is 7.92. The maximum absolute atomic E-state index is 13.3. The zero-order valence-corrected chi connectivity index (χ0v) is 15.8. The van der Waals surface area contributed by atoms with E-state index < -0.39 is 37.4 Å². The first kappa shape index (κ1) is 20.9. The van der Waals surface area contributed by atoms with Crippen LogP contribution in [0.4, 0.5) is 25.8 Å². The summed E-state index contributed by atoms with van der Waals surface area (Å²) < 4.78 is 53.0. The Kier molecular flexibility index (Phi) is 5.74. The number of halogens is 2. The van der Waals surface area contributed by atoms with E-state index >= 15 is 0 Å². The molecule has 3 aromatic carbocycles. The van der Waals surface area contributed by atoms with E-state index in [2.05, 4.69) is 10.0 Å². The highest BCUT2D eigenvalue weighted by atomic mass is 32.2. The van der Waals surface area contributed by atoms with Crippen LogP contribution in [0.2, 0.25) is 0 Å². The van der Waals surface area contributed by atoms with Crippen LogP contribution in [0.3, 0.4) is 0 Å². The molecule has 0 spiro atoms. The molecular formula is C19H13F2N3O5S. The van der Waals surface area contributed by atoms with Crippen LogP contribution in [-0.2, 0) is 10.0 Å². The van der Waals surface area contributed by atoms with Gasteiger partial charge < -0.3 is 5.32 Å². The number of carbonyl (C=O) groups excluding carboxylic acids is 1. The van der Waals surface area contributed by atoms with Gasteiger partial charge in [0, 0.05) is 29.1 Å². The summed E-state index contributed by atoms with van der Waals surface area (Å²) in [6.45, 7) is 0. The van der Waals surface area contributed by atoms with E-state index in [0.29, 0.717) is 17.8 Å². The Morgan fingerprint density at radius 1 is 0.900 bits per heavy atom. The predicted octanol–water partition coefficient (Wildman–Crippen LogP) is 3.93. The van der Waals surface area contributed by atoms with Crippen LogP contribution in [-0.4, -0.2) is 19.2 Å². The van der Waals surface area contributed by atoms with Crippen LogP contribution in [0.15, 0.2) is 71.6 Å². The second kappa shape index (κ2) is 8.25. The number of amides is 1. The zero-order chi connectivity index (χ0) is 21.9. The number of hydrogen-bond acceptors (Lipinski definition) is 5. The predicted molar refractivity (Wildman–Crippen MR) is 105 cm³/mol. The molecule has 0 aliphatic rings. The molecule has 3 aromatic rings. The number of anilines is 2. The van der Waals surface area contributed by atoms with Crippen LogP contribution in [0, 0.1) is 21.7 Å². The highest BCUT2D eigenvalue weighted by Crippen LogP contribution is 2.21. The third-order valence-electron chi connectivity index (χ3n) is 3.92. The fraction of sp³-hybridized carbons (Fsp3) is 0. The van der Waals surface area contributed by atoms with Crippen LogP contribution in [0.1, 0.15) is 10.4 Å². The maximum atomic E-state index is 13.3. The van der Waals surface area contributed by atoms with E-state index in [1.165, 1.54) is 42.5 Å². The van der Waals surface area contributed by atoms with Crippen LogP contribution in [0.25, 0.3) is 0 Å². The van der Waals surface area contributed by atoms with Crippen molar-refractivity contribution in [2.24, 2.45) is 0 Å². The monoisotopic (exact) mass is 433 g/mol. The fourth-order valence-electron chi connectivity index (χ4n) is 2.44. The molecule has 8 nitrogen and oxygen atoms in total. The topological polar surface area (TPSA) is 118 Å². The Morgan fingerprint density at radius 3 is 2.20 bits per heavy atom. The summed E-state index contributed by atoms with van der Waals surface area (Å²) in [4.78, 5) is 22.0. The van der Waals surface area contributed by atoms with Crippen molar-refractivity contribution < 1.29 is 26.9 Å². The van der Waals surface area contributed by atoms with Crippen LogP contribution >= 0.6 is 0 Å². The number of nitrogens with zero attached hydrogens (tertiary/aromatic N) is 1. The number of sulfonamides is 1. The molecular weight excluding hydrogens is 420 g/mol. The average molecular weight is 433 g/mol. The van der Waals surface area contributed by atoms with Gasteiger partial charge in [-0.1, -0.05) is 6.07 Å². The van der Waals surface area contributed by atoms with Crippen LogP contribution < -0.4 is 10.0 Å². The standard InChI is InChI=1S/C19H13F2N3O5S/c20-17-9-8-16(11-18(17)21)30(28,29)23-14-6-4-13(5-7-14)22-19(25)12-2-1-3-15(10-12)24(26)27/h1-11,23H,(H,22,25). The van der Waals surface area contributed by atoms with E-state index in [4.69, 9.17) is 0 Å². The van der Waals surface area contributed by atoms with Gasteiger partial charge >= 0.3 is 0 Å². The lowest BCUT2D eigenvalue weighted by Gasteiger charge is -2.10. The van der Waals surface area contributed by atoms with Crippen molar-refractivity contribution in [1.29, 1.82) is 0 Å². The molecule has 0 unspecified atom stereocenters.